The largest absolute Gasteiger partial charge is 0.479 e. The number of carbonyl (C=O) groups is 3. The molecule has 8 nitrogen and oxygen atoms in total. The van der Waals surface area contributed by atoms with Gasteiger partial charge in [-0.3, -0.25) is 9.59 Å². The van der Waals surface area contributed by atoms with Gasteiger partial charge in [-0.25, -0.2) is 4.79 Å². The molecule has 0 bridgehead atoms. The van der Waals surface area contributed by atoms with Crippen LogP contribution in [-0.2, 0) is 9.53 Å². The molecule has 0 aliphatic carbocycles. The lowest BCUT2D eigenvalue weighted by atomic mass is 10.1. The molecule has 0 saturated carbocycles. The van der Waals surface area contributed by atoms with Crippen LogP contribution in [-0.4, -0.2) is 67.1 Å². The summed E-state index contributed by atoms with van der Waals surface area (Å²) in [6.45, 7) is 3.65. The summed E-state index contributed by atoms with van der Waals surface area (Å²) in [6, 6.07) is 5.01. The molecule has 1 N–H and O–H groups in total. The highest BCUT2D eigenvalue weighted by Gasteiger charge is 2.26. The minimum Gasteiger partial charge on any atom is -0.479 e. The number of hydrogen-bond donors (Lipinski definition) is 1. The number of carbonyl (C=O) groups excluding carboxylic acids is 3. The van der Waals surface area contributed by atoms with E-state index in [9.17, 15) is 14.4 Å². The molecule has 0 spiro atoms. The van der Waals surface area contributed by atoms with Crippen LogP contribution in [0.15, 0.2) is 18.2 Å². The average molecular weight is 347 g/mol. The Bertz CT molecular complexity index is 706. The third-order valence-electron chi connectivity index (χ3n) is 4.37. The standard InChI is InChI=1S/C17H21N3O5/c1-11-15(21)18-13-10-12(4-5-14(13)25-11)16(22)19-6-3-7-20(9-8-19)17(23)24-2/h4-5,10-11H,3,6-9H2,1-2H3,(H,18,21). The second-order valence-electron chi connectivity index (χ2n) is 6.06. The van der Waals surface area contributed by atoms with Gasteiger partial charge in [0.05, 0.1) is 12.8 Å². The van der Waals surface area contributed by atoms with Gasteiger partial charge in [0.15, 0.2) is 6.10 Å². The van der Waals surface area contributed by atoms with Gasteiger partial charge in [0.1, 0.15) is 5.75 Å². The van der Waals surface area contributed by atoms with E-state index in [0.717, 1.165) is 0 Å². The van der Waals surface area contributed by atoms with Crippen LogP contribution in [0.5, 0.6) is 5.75 Å². The lowest BCUT2D eigenvalue weighted by Crippen LogP contribution is -2.37. The summed E-state index contributed by atoms with van der Waals surface area (Å²) in [5, 5.41) is 2.75. The minimum absolute atomic E-state index is 0.137. The number of fused-ring (bicyclic) bond motifs is 1. The highest BCUT2D eigenvalue weighted by molar-refractivity contribution is 6.01. The molecule has 2 aliphatic rings. The zero-order chi connectivity index (χ0) is 18.0. The van der Waals surface area contributed by atoms with Gasteiger partial charge in [-0.05, 0) is 31.5 Å². The molecule has 1 atom stereocenters. The molecule has 3 amide bonds. The molecule has 2 aliphatic heterocycles. The maximum Gasteiger partial charge on any atom is 0.409 e. The van der Waals surface area contributed by atoms with E-state index >= 15 is 0 Å². The predicted octanol–water partition coefficient (Wildman–Crippen LogP) is 1.32. The fourth-order valence-corrected chi connectivity index (χ4v) is 2.96. The van der Waals surface area contributed by atoms with E-state index in [4.69, 9.17) is 9.47 Å². The molecule has 25 heavy (non-hydrogen) atoms. The van der Waals surface area contributed by atoms with Crippen molar-refractivity contribution < 1.29 is 23.9 Å². The summed E-state index contributed by atoms with van der Waals surface area (Å²) in [7, 11) is 1.35. The number of amides is 3. The van der Waals surface area contributed by atoms with Gasteiger partial charge < -0.3 is 24.6 Å². The zero-order valence-corrected chi connectivity index (χ0v) is 14.3. The molecule has 1 aromatic carbocycles. The number of nitrogens with zero attached hydrogens (tertiary/aromatic N) is 2. The molecule has 134 valence electrons. The van der Waals surface area contributed by atoms with E-state index in [1.54, 1.807) is 34.9 Å². The van der Waals surface area contributed by atoms with Crippen LogP contribution in [0.1, 0.15) is 23.7 Å². The summed E-state index contributed by atoms with van der Waals surface area (Å²) >= 11 is 0. The van der Waals surface area contributed by atoms with Crippen LogP contribution in [0, 0.1) is 0 Å². The van der Waals surface area contributed by atoms with Crippen molar-refractivity contribution in [2.45, 2.75) is 19.4 Å². The SMILES string of the molecule is COC(=O)N1CCCN(C(=O)c2ccc3c(c2)NC(=O)C(C)O3)CC1. The quantitative estimate of drug-likeness (QED) is 0.828. The van der Waals surface area contributed by atoms with Crippen molar-refractivity contribution in [3.05, 3.63) is 23.8 Å². The maximum atomic E-state index is 12.8. The third-order valence-corrected chi connectivity index (χ3v) is 4.37. The highest BCUT2D eigenvalue weighted by atomic mass is 16.5. The summed E-state index contributed by atoms with van der Waals surface area (Å²) < 4.78 is 10.2. The van der Waals surface area contributed by atoms with Gasteiger partial charge in [0.25, 0.3) is 11.8 Å². The zero-order valence-electron chi connectivity index (χ0n) is 14.3. The summed E-state index contributed by atoms with van der Waals surface area (Å²) in [4.78, 5) is 39.4. The fraction of sp³-hybridized carbons (Fsp3) is 0.471. The summed E-state index contributed by atoms with van der Waals surface area (Å²) in [5.41, 5.74) is 0.976. The van der Waals surface area contributed by atoms with Crippen molar-refractivity contribution in [1.82, 2.24) is 9.80 Å². The topological polar surface area (TPSA) is 88.2 Å². The Kier molecular flexibility index (Phi) is 4.78. The van der Waals surface area contributed by atoms with Crippen molar-refractivity contribution in [3.8, 4) is 5.75 Å². The van der Waals surface area contributed by atoms with E-state index in [1.807, 2.05) is 0 Å². The fourth-order valence-electron chi connectivity index (χ4n) is 2.96. The van der Waals surface area contributed by atoms with Crippen LogP contribution >= 0.6 is 0 Å². The Hall–Kier alpha value is -2.77. The van der Waals surface area contributed by atoms with Crippen molar-refractivity contribution >= 4 is 23.6 Å². The molecule has 3 rings (SSSR count). The first-order chi connectivity index (χ1) is 12.0. The molecule has 0 aromatic heterocycles. The highest BCUT2D eigenvalue weighted by Crippen LogP contribution is 2.30. The van der Waals surface area contributed by atoms with Crippen LogP contribution in [0.4, 0.5) is 10.5 Å². The van der Waals surface area contributed by atoms with E-state index in [-0.39, 0.29) is 17.9 Å². The van der Waals surface area contributed by atoms with E-state index in [2.05, 4.69) is 5.32 Å². The molecule has 2 heterocycles. The van der Waals surface area contributed by atoms with Gasteiger partial charge in [-0.1, -0.05) is 0 Å². The average Bonchev–Trinajstić information content (AvgIpc) is 2.87. The smallest absolute Gasteiger partial charge is 0.409 e. The van der Waals surface area contributed by atoms with Crippen LogP contribution in [0.3, 0.4) is 0 Å². The van der Waals surface area contributed by atoms with Crippen molar-refractivity contribution in [3.63, 3.8) is 0 Å². The number of methoxy groups -OCH3 is 1. The summed E-state index contributed by atoms with van der Waals surface area (Å²) in [5.74, 6) is 0.180. The van der Waals surface area contributed by atoms with Gasteiger partial charge >= 0.3 is 6.09 Å². The van der Waals surface area contributed by atoms with Crippen molar-refractivity contribution in [1.29, 1.82) is 0 Å². The van der Waals surface area contributed by atoms with Gasteiger partial charge in [-0.2, -0.15) is 0 Å². The van der Waals surface area contributed by atoms with Gasteiger partial charge in [0, 0.05) is 31.7 Å². The maximum absolute atomic E-state index is 12.8. The lowest BCUT2D eigenvalue weighted by molar-refractivity contribution is -0.122. The number of benzene rings is 1. The molecule has 1 saturated heterocycles. The predicted molar refractivity (Wildman–Crippen MR) is 89.7 cm³/mol. The lowest BCUT2D eigenvalue weighted by Gasteiger charge is -2.25. The Balaban J connectivity index is 1.72. The second-order valence-corrected chi connectivity index (χ2v) is 6.06. The van der Waals surface area contributed by atoms with E-state index in [1.165, 1.54) is 7.11 Å². The molecule has 8 heteroatoms. The minimum atomic E-state index is -0.552. The number of anilines is 1. The molecule has 1 unspecified atom stereocenters. The van der Waals surface area contributed by atoms with Crippen molar-refractivity contribution in [2.75, 3.05) is 38.6 Å². The molecular weight excluding hydrogens is 326 g/mol. The Morgan fingerprint density at radius 1 is 1.20 bits per heavy atom. The van der Waals surface area contributed by atoms with Crippen LogP contribution < -0.4 is 10.1 Å². The van der Waals surface area contributed by atoms with Gasteiger partial charge in [0.2, 0.25) is 0 Å². The first kappa shape index (κ1) is 17.1. The Morgan fingerprint density at radius 3 is 2.68 bits per heavy atom. The van der Waals surface area contributed by atoms with Crippen LogP contribution in [0.2, 0.25) is 0 Å². The normalized spacial score (nSPS) is 20.1. The Labute approximate surface area is 145 Å². The summed E-state index contributed by atoms with van der Waals surface area (Å²) in [6.07, 6.45) is -0.246. The van der Waals surface area contributed by atoms with E-state index < -0.39 is 6.10 Å². The number of hydrogen-bond acceptors (Lipinski definition) is 5. The number of nitrogens with one attached hydrogen (secondary N) is 1. The molecule has 1 fully saturated rings. The first-order valence-electron chi connectivity index (χ1n) is 8.23. The van der Waals surface area contributed by atoms with Gasteiger partial charge in [-0.15, -0.1) is 0 Å². The molecule has 0 radical (unpaired) electrons. The second kappa shape index (κ2) is 7.00. The monoisotopic (exact) mass is 347 g/mol. The first-order valence-corrected chi connectivity index (χ1v) is 8.23. The van der Waals surface area contributed by atoms with E-state index in [0.29, 0.717) is 49.6 Å². The third kappa shape index (κ3) is 3.52. The van der Waals surface area contributed by atoms with Crippen LogP contribution in [0.25, 0.3) is 0 Å². The number of rotatable bonds is 1. The Morgan fingerprint density at radius 2 is 1.92 bits per heavy atom. The molecule has 1 aromatic rings. The molecular formula is C17H21N3O5. The van der Waals surface area contributed by atoms with Crippen molar-refractivity contribution in [2.24, 2.45) is 0 Å². The number of ether oxygens (including phenoxy) is 2.